The van der Waals surface area contributed by atoms with E-state index in [4.69, 9.17) is 4.42 Å². The highest BCUT2D eigenvalue weighted by Crippen LogP contribution is 2.28. The first-order valence-electron chi connectivity index (χ1n) is 10.6. The Bertz CT molecular complexity index is 1500. The zero-order valence-electron chi connectivity index (χ0n) is 18.4. The minimum absolute atomic E-state index is 0.154. The monoisotopic (exact) mass is 490 g/mol. The van der Waals surface area contributed by atoms with Crippen molar-refractivity contribution in [2.24, 2.45) is 0 Å². The standard InChI is InChI=1S/C24H19FN6O3S/c1-15(32)26-12-16-8-9-21(34-16)19-14-35-24(28-19)29-22(33)17-13-27-31(20-7-3-2-6-18(20)25)23(17)30-10-4-5-11-30/h2-11,13-14H,12H2,1H3,(H,26,32)(H,28,29,33). The molecule has 11 heteroatoms. The largest absolute Gasteiger partial charge is 0.458 e. The molecule has 0 fully saturated rings. The molecule has 0 saturated heterocycles. The fourth-order valence-electron chi connectivity index (χ4n) is 3.46. The fraction of sp³-hybridized carbons (Fsp3) is 0.0833. The number of furan rings is 1. The number of rotatable bonds is 7. The van der Waals surface area contributed by atoms with Gasteiger partial charge >= 0.3 is 0 Å². The second-order valence-electron chi connectivity index (χ2n) is 7.50. The third kappa shape index (κ3) is 4.62. The van der Waals surface area contributed by atoms with Crippen molar-refractivity contribution in [1.82, 2.24) is 24.6 Å². The highest BCUT2D eigenvalue weighted by Gasteiger charge is 2.22. The van der Waals surface area contributed by atoms with Gasteiger partial charge in [0.15, 0.2) is 16.7 Å². The van der Waals surface area contributed by atoms with Crippen LogP contribution in [-0.4, -0.2) is 31.1 Å². The molecule has 5 rings (SSSR count). The summed E-state index contributed by atoms with van der Waals surface area (Å²) in [5.74, 6) is 0.440. The molecule has 0 unspecified atom stereocenters. The Balaban J connectivity index is 1.40. The molecule has 0 aliphatic carbocycles. The van der Waals surface area contributed by atoms with E-state index in [1.54, 1.807) is 64.8 Å². The van der Waals surface area contributed by atoms with E-state index in [2.05, 4.69) is 20.7 Å². The summed E-state index contributed by atoms with van der Waals surface area (Å²) in [6, 6.07) is 13.3. The molecule has 1 aromatic carbocycles. The number of aromatic nitrogens is 4. The van der Waals surface area contributed by atoms with Crippen LogP contribution in [0.1, 0.15) is 23.0 Å². The zero-order chi connectivity index (χ0) is 24.4. The lowest BCUT2D eigenvalue weighted by molar-refractivity contribution is -0.119. The molecular weight excluding hydrogens is 471 g/mol. The number of hydrogen-bond acceptors (Lipinski definition) is 6. The van der Waals surface area contributed by atoms with E-state index in [1.807, 2.05) is 0 Å². The van der Waals surface area contributed by atoms with Crippen molar-refractivity contribution in [2.75, 3.05) is 5.32 Å². The summed E-state index contributed by atoms with van der Waals surface area (Å²) in [7, 11) is 0. The van der Waals surface area contributed by atoms with Crippen molar-refractivity contribution < 1.29 is 18.4 Å². The molecule has 176 valence electrons. The molecular formula is C24H19FN6O3S. The summed E-state index contributed by atoms with van der Waals surface area (Å²) >= 11 is 1.24. The van der Waals surface area contributed by atoms with Crippen LogP contribution in [0.5, 0.6) is 0 Å². The molecule has 0 saturated carbocycles. The van der Waals surface area contributed by atoms with Crippen LogP contribution in [-0.2, 0) is 11.3 Å². The normalized spacial score (nSPS) is 10.9. The third-order valence-corrected chi connectivity index (χ3v) is 5.83. The molecule has 4 aromatic heterocycles. The SMILES string of the molecule is CC(=O)NCc1ccc(-c2csc(NC(=O)c3cnn(-c4ccccc4F)c3-n3cccc3)n2)o1. The number of amides is 2. The lowest BCUT2D eigenvalue weighted by atomic mass is 10.2. The quantitative estimate of drug-likeness (QED) is 0.352. The predicted molar refractivity (Wildman–Crippen MR) is 128 cm³/mol. The van der Waals surface area contributed by atoms with Crippen molar-refractivity contribution in [3.05, 3.63) is 89.6 Å². The molecule has 2 N–H and O–H groups in total. The lowest BCUT2D eigenvalue weighted by Gasteiger charge is -2.11. The molecule has 9 nitrogen and oxygen atoms in total. The van der Waals surface area contributed by atoms with Crippen LogP contribution in [0, 0.1) is 5.82 Å². The number of para-hydroxylation sites is 1. The third-order valence-electron chi connectivity index (χ3n) is 5.07. The fourth-order valence-corrected chi connectivity index (χ4v) is 4.15. The van der Waals surface area contributed by atoms with E-state index in [0.29, 0.717) is 28.2 Å². The Morgan fingerprint density at radius 3 is 2.69 bits per heavy atom. The molecule has 4 heterocycles. The summed E-state index contributed by atoms with van der Waals surface area (Å²) in [6.45, 7) is 1.71. The summed E-state index contributed by atoms with van der Waals surface area (Å²) < 4.78 is 23.3. The molecule has 5 aromatic rings. The number of halogens is 1. The number of nitrogens with zero attached hydrogens (tertiary/aromatic N) is 4. The van der Waals surface area contributed by atoms with Gasteiger partial charge in [-0.15, -0.1) is 11.3 Å². The van der Waals surface area contributed by atoms with E-state index in [-0.39, 0.29) is 23.7 Å². The van der Waals surface area contributed by atoms with Gasteiger partial charge < -0.3 is 14.3 Å². The average molecular weight is 491 g/mol. The van der Waals surface area contributed by atoms with E-state index in [1.165, 1.54) is 35.2 Å². The van der Waals surface area contributed by atoms with Gasteiger partial charge in [-0.25, -0.2) is 14.1 Å². The topological polar surface area (TPSA) is 107 Å². The maximum Gasteiger partial charge on any atom is 0.262 e. The first kappa shape index (κ1) is 22.3. The van der Waals surface area contributed by atoms with Crippen molar-refractivity contribution in [1.29, 1.82) is 0 Å². The minimum Gasteiger partial charge on any atom is -0.458 e. The van der Waals surface area contributed by atoms with Crippen molar-refractivity contribution in [2.45, 2.75) is 13.5 Å². The van der Waals surface area contributed by atoms with Crippen LogP contribution < -0.4 is 10.6 Å². The first-order chi connectivity index (χ1) is 17.0. The van der Waals surface area contributed by atoms with Crippen LogP contribution in [0.3, 0.4) is 0 Å². The van der Waals surface area contributed by atoms with Gasteiger partial charge in [-0.05, 0) is 36.4 Å². The maximum atomic E-state index is 14.5. The smallest absolute Gasteiger partial charge is 0.262 e. The van der Waals surface area contributed by atoms with Gasteiger partial charge in [0, 0.05) is 24.7 Å². The highest BCUT2D eigenvalue weighted by atomic mass is 32.1. The molecule has 2 amide bonds. The van der Waals surface area contributed by atoms with Crippen molar-refractivity contribution in [3.63, 3.8) is 0 Å². The van der Waals surface area contributed by atoms with Gasteiger partial charge in [0.1, 0.15) is 28.5 Å². The summed E-state index contributed by atoms with van der Waals surface area (Å²) in [5.41, 5.74) is 1.02. The molecule has 0 atom stereocenters. The second kappa shape index (κ2) is 9.39. The lowest BCUT2D eigenvalue weighted by Crippen LogP contribution is -2.18. The van der Waals surface area contributed by atoms with Gasteiger partial charge in [0.05, 0.1) is 12.7 Å². The molecule has 0 radical (unpaired) electrons. The van der Waals surface area contributed by atoms with Crippen LogP contribution in [0.25, 0.3) is 23.0 Å². The highest BCUT2D eigenvalue weighted by molar-refractivity contribution is 7.14. The Hall–Kier alpha value is -4.51. The number of anilines is 1. The zero-order valence-corrected chi connectivity index (χ0v) is 19.3. The summed E-state index contributed by atoms with van der Waals surface area (Å²) in [4.78, 5) is 28.7. The molecule has 0 aliphatic heterocycles. The number of nitrogens with one attached hydrogen (secondary N) is 2. The number of hydrogen-bond donors (Lipinski definition) is 2. The Morgan fingerprint density at radius 1 is 1.11 bits per heavy atom. The maximum absolute atomic E-state index is 14.5. The van der Waals surface area contributed by atoms with Gasteiger partial charge in [-0.2, -0.15) is 5.10 Å². The van der Waals surface area contributed by atoms with Crippen LogP contribution >= 0.6 is 11.3 Å². The van der Waals surface area contributed by atoms with Gasteiger partial charge in [0.2, 0.25) is 5.91 Å². The van der Waals surface area contributed by atoms with Crippen molar-refractivity contribution in [3.8, 4) is 23.0 Å². The van der Waals surface area contributed by atoms with Crippen LogP contribution in [0.2, 0.25) is 0 Å². The minimum atomic E-state index is -0.461. The van der Waals surface area contributed by atoms with Crippen LogP contribution in [0.15, 0.2) is 76.9 Å². The predicted octanol–water partition coefficient (Wildman–Crippen LogP) is 4.41. The number of benzene rings is 1. The van der Waals surface area contributed by atoms with E-state index >= 15 is 0 Å². The van der Waals surface area contributed by atoms with Crippen LogP contribution in [0.4, 0.5) is 9.52 Å². The van der Waals surface area contributed by atoms with E-state index in [0.717, 1.165) is 0 Å². The number of thiazole rings is 1. The average Bonchev–Trinajstić information content (AvgIpc) is 3.64. The van der Waals surface area contributed by atoms with Gasteiger partial charge in [-0.3, -0.25) is 14.9 Å². The Morgan fingerprint density at radius 2 is 1.91 bits per heavy atom. The number of carbonyl (C=O) groups excluding carboxylic acids is 2. The Labute approximate surface area is 202 Å². The molecule has 35 heavy (non-hydrogen) atoms. The number of carbonyl (C=O) groups is 2. The second-order valence-corrected chi connectivity index (χ2v) is 8.36. The van der Waals surface area contributed by atoms with E-state index < -0.39 is 11.7 Å². The van der Waals surface area contributed by atoms with Gasteiger partial charge in [0.25, 0.3) is 5.91 Å². The molecule has 0 spiro atoms. The Kier molecular flexibility index (Phi) is 5.98. The first-order valence-corrected chi connectivity index (χ1v) is 11.4. The van der Waals surface area contributed by atoms with E-state index in [9.17, 15) is 14.0 Å². The summed E-state index contributed by atoms with van der Waals surface area (Å²) in [5, 5.41) is 11.9. The molecule has 0 bridgehead atoms. The van der Waals surface area contributed by atoms with Crippen molar-refractivity contribution >= 4 is 28.3 Å². The van der Waals surface area contributed by atoms with Gasteiger partial charge in [-0.1, -0.05) is 12.1 Å². The molecule has 0 aliphatic rings. The summed E-state index contributed by atoms with van der Waals surface area (Å²) in [6.07, 6.45) is 4.90.